The highest BCUT2D eigenvalue weighted by atomic mass is 35.5. The number of halogens is 2. The molecule has 0 N–H and O–H groups in total. The molecule has 0 radical (unpaired) electrons. The molecule has 0 saturated carbocycles. The molecule has 2 aromatic carbocycles. The second-order valence-corrected chi connectivity index (χ2v) is 5.23. The van der Waals surface area contributed by atoms with Crippen LogP contribution in [-0.2, 0) is 0 Å². The van der Waals surface area contributed by atoms with Crippen LogP contribution in [0.3, 0.4) is 0 Å². The van der Waals surface area contributed by atoms with Gasteiger partial charge in [-0.3, -0.25) is 4.79 Å². The number of rotatable bonds is 2. The summed E-state index contributed by atoms with van der Waals surface area (Å²) in [6.07, 6.45) is 0. The van der Waals surface area contributed by atoms with Crippen LogP contribution < -0.4 is 4.74 Å². The van der Waals surface area contributed by atoms with E-state index in [1.807, 2.05) is 24.3 Å². The summed E-state index contributed by atoms with van der Waals surface area (Å²) in [5, 5.41) is 0.895. The molecule has 0 aliphatic carbocycles. The molecule has 0 bridgehead atoms. The van der Waals surface area contributed by atoms with Crippen molar-refractivity contribution in [3.63, 3.8) is 0 Å². The van der Waals surface area contributed by atoms with Crippen molar-refractivity contribution in [2.75, 3.05) is 6.61 Å². The number of para-hydroxylation sites is 1. The third-order valence-corrected chi connectivity index (χ3v) is 3.76. The Labute approximate surface area is 120 Å². The minimum atomic E-state index is -0.296. The van der Waals surface area contributed by atoms with Gasteiger partial charge >= 0.3 is 0 Å². The molecule has 1 unspecified atom stereocenters. The Balaban J connectivity index is 1.98. The van der Waals surface area contributed by atoms with E-state index in [-0.39, 0.29) is 11.7 Å². The topological polar surface area (TPSA) is 26.3 Å². The highest BCUT2D eigenvalue weighted by Crippen LogP contribution is 2.36. The Bertz CT molecular complexity index is 652. The van der Waals surface area contributed by atoms with Gasteiger partial charge in [0.1, 0.15) is 12.4 Å². The van der Waals surface area contributed by atoms with Gasteiger partial charge in [-0.05, 0) is 24.3 Å². The standard InChI is InChI=1S/C15H10Cl2O2/c16-9-5-6-11(13(17)7-9)15(18)12-8-19-14-4-2-1-3-10(12)14/h1-7,12H,8H2. The Morgan fingerprint density at radius 3 is 2.74 bits per heavy atom. The van der Waals surface area contributed by atoms with E-state index in [9.17, 15) is 4.79 Å². The molecule has 2 nitrogen and oxygen atoms in total. The largest absolute Gasteiger partial charge is 0.492 e. The van der Waals surface area contributed by atoms with Crippen molar-refractivity contribution in [2.45, 2.75) is 5.92 Å². The number of carbonyl (C=O) groups excluding carboxylic acids is 1. The predicted molar refractivity (Wildman–Crippen MR) is 75.5 cm³/mol. The lowest BCUT2D eigenvalue weighted by atomic mass is 9.92. The van der Waals surface area contributed by atoms with E-state index < -0.39 is 0 Å². The minimum Gasteiger partial charge on any atom is -0.492 e. The molecule has 0 saturated heterocycles. The summed E-state index contributed by atoms with van der Waals surface area (Å²) in [4.78, 5) is 12.5. The Hall–Kier alpha value is -1.51. The maximum absolute atomic E-state index is 12.5. The van der Waals surface area contributed by atoms with Crippen molar-refractivity contribution in [3.8, 4) is 5.75 Å². The molecule has 1 heterocycles. The van der Waals surface area contributed by atoms with E-state index >= 15 is 0 Å². The molecule has 0 aromatic heterocycles. The number of hydrogen-bond acceptors (Lipinski definition) is 2. The van der Waals surface area contributed by atoms with Crippen molar-refractivity contribution in [2.24, 2.45) is 0 Å². The van der Waals surface area contributed by atoms with E-state index in [1.54, 1.807) is 18.2 Å². The van der Waals surface area contributed by atoms with E-state index in [0.29, 0.717) is 22.2 Å². The Kier molecular flexibility index (Phi) is 3.21. The lowest BCUT2D eigenvalue weighted by Gasteiger charge is -2.09. The average molecular weight is 293 g/mol. The smallest absolute Gasteiger partial charge is 0.175 e. The van der Waals surface area contributed by atoms with Gasteiger partial charge in [-0.25, -0.2) is 0 Å². The molecule has 2 aromatic rings. The number of benzene rings is 2. The summed E-state index contributed by atoms with van der Waals surface area (Å²) in [5.41, 5.74) is 1.40. The van der Waals surface area contributed by atoms with Gasteiger partial charge in [-0.2, -0.15) is 0 Å². The fourth-order valence-electron chi connectivity index (χ4n) is 2.26. The lowest BCUT2D eigenvalue weighted by molar-refractivity contribution is 0.0947. The molecule has 4 heteroatoms. The normalized spacial score (nSPS) is 16.8. The number of fused-ring (bicyclic) bond motifs is 1. The van der Waals surface area contributed by atoms with Crippen molar-refractivity contribution in [1.29, 1.82) is 0 Å². The summed E-state index contributed by atoms with van der Waals surface area (Å²) in [7, 11) is 0. The number of ether oxygens (including phenoxy) is 1. The van der Waals surface area contributed by atoms with Gasteiger partial charge in [0, 0.05) is 16.1 Å². The fraction of sp³-hybridized carbons (Fsp3) is 0.133. The third kappa shape index (κ3) is 2.22. The zero-order valence-electron chi connectivity index (χ0n) is 9.90. The van der Waals surface area contributed by atoms with Crippen molar-refractivity contribution < 1.29 is 9.53 Å². The maximum atomic E-state index is 12.5. The Morgan fingerprint density at radius 1 is 1.16 bits per heavy atom. The molecular weight excluding hydrogens is 283 g/mol. The van der Waals surface area contributed by atoms with E-state index in [4.69, 9.17) is 27.9 Å². The monoisotopic (exact) mass is 292 g/mol. The first-order valence-corrected chi connectivity index (χ1v) is 6.63. The number of hydrogen-bond donors (Lipinski definition) is 0. The van der Waals surface area contributed by atoms with Gasteiger partial charge in [0.25, 0.3) is 0 Å². The van der Waals surface area contributed by atoms with Crippen LogP contribution in [0.15, 0.2) is 42.5 Å². The van der Waals surface area contributed by atoms with Crippen LogP contribution in [0.5, 0.6) is 5.75 Å². The lowest BCUT2D eigenvalue weighted by Crippen LogP contribution is -2.14. The van der Waals surface area contributed by atoms with Crippen molar-refractivity contribution in [1.82, 2.24) is 0 Å². The maximum Gasteiger partial charge on any atom is 0.175 e. The predicted octanol–water partition coefficient (Wildman–Crippen LogP) is 4.35. The number of Topliss-reactive ketones (excluding diaryl/α,β-unsaturated/α-hetero) is 1. The molecule has 3 rings (SSSR count). The van der Waals surface area contributed by atoms with Gasteiger partial charge in [-0.1, -0.05) is 41.4 Å². The van der Waals surface area contributed by atoms with Crippen LogP contribution in [0.25, 0.3) is 0 Å². The average Bonchev–Trinajstić information content (AvgIpc) is 2.82. The first-order valence-electron chi connectivity index (χ1n) is 5.88. The van der Waals surface area contributed by atoms with E-state index in [2.05, 4.69) is 0 Å². The molecule has 96 valence electrons. The number of carbonyl (C=O) groups is 1. The molecule has 0 amide bonds. The summed E-state index contributed by atoms with van der Waals surface area (Å²) < 4.78 is 5.53. The quantitative estimate of drug-likeness (QED) is 0.769. The van der Waals surface area contributed by atoms with Gasteiger partial charge in [0.05, 0.1) is 10.9 Å². The van der Waals surface area contributed by atoms with Gasteiger partial charge in [0.2, 0.25) is 0 Å². The minimum absolute atomic E-state index is 0.0355. The third-order valence-electron chi connectivity index (χ3n) is 3.21. The molecule has 0 fully saturated rings. The number of ketones is 1. The van der Waals surface area contributed by atoms with Gasteiger partial charge in [0.15, 0.2) is 5.78 Å². The van der Waals surface area contributed by atoms with Crippen LogP contribution in [0.4, 0.5) is 0 Å². The van der Waals surface area contributed by atoms with Crippen molar-refractivity contribution >= 4 is 29.0 Å². The van der Waals surface area contributed by atoms with Crippen molar-refractivity contribution in [3.05, 3.63) is 63.6 Å². The molecule has 1 aliphatic rings. The zero-order valence-corrected chi connectivity index (χ0v) is 11.4. The SMILES string of the molecule is O=C(c1ccc(Cl)cc1Cl)C1COc2ccccc21. The molecule has 1 aliphatic heterocycles. The first kappa shape index (κ1) is 12.5. The van der Waals surface area contributed by atoms with Gasteiger partial charge < -0.3 is 4.74 Å². The molecule has 1 atom stereocenters. The van der Waals surface area contributed by atoms with Crippen LogP contribution in [-0.4, -0.2) is 12.4 Å². The molecular formula is C15H10Cl2O2. The summed E-state index contributed by atoms with van der Waals surface area (Å²) in [5.74, 6) is 0.437. The summed E-state index contributed by atoms with van der Waals surface area (Å²) in [6.45, 7) is 0.358. The van der Waals surface area contributed by atoms with Gasteiger partial charge in [-0.15, -0.1) is 0 Å². The summed E-state index contributed by atoms with van der Waals surface area (Å²) in [6, 6.07) is 12.5. The van der Waals surface area contributed by atoms with Crippen LogP contribution >= 0.6 is 23.2 Å². The van der Waals surface area contributed by atoms with Crippen LogP contribution in [0.2, 0.25) is 10.0 Å². The zero-order chi connectivity index (χ0) is 13.4. The fourth-order valence-corrected chi connectivity index (χ4v) is 2.76. The van der Waals surface area contributed by atoms with Crippen LogP contribution in [0.1, 0.15) is 21.8 Å². The highest BCUT2D eigenvalue weighted by molar-refractivity contribution is 6.37. The molecule has 19 heavy (non-hydrogen) atoms. The second kappa shape index (κ2) is 4.87. The second-order valence-electron chi connectivity index (χ2n) is 4.39. The first-order chi connectivity index (χ1) is 9.16. The summed E-state index contributed by atoms with van der Waals surface area (Å²) >= 11 is 11.9. The van der Waals surface area contributed by atoms with E-state index in [1.165, 1.54) is 0 Å². The Morgan fingerprint density at radius 2 is 1.95 bits per heavy atom. The van der Waals surface area contributed by atoms with Crippen LogP contribution in [0, 0.1) is 0 Å². The molecule has 0 spiro atoms. The highest BCUT2D eigenvalue weighted by Gasteiger charge is 2.31. The van der Waals surface area contributed by atoms with E-state index in [0.717, 1.165) is 11.3 Å².